The highest BCUT2D eigenvalue weighted by atomic mass is 32.2. The quantitative estimate of drug-likeness (QED) is 0.739. The van der Waals surface area contributed by atoms with Gasteiger partial charge in [-0.25, -0.2) is 13.2 Å². The number of carbonyl (C=O) groups excluding carboxylic acids is 2. The van der Waals surface area contributed by atoms with E-state index in [0.717, 1.165) is 12.3 Å². The Kier molecular flexibility index (Phi) is 7.26. The van der Waals surface area contributed by atoms with Crippen molar-refractivity contribution in [3.05, 3.63) is 23.8 Å². The molecule has 1 amide bonds. The van der Waals surface area contributed by atoms with Gasteiger partial charge in [0.25, 0.3) is 0 Å². The average molecular weight is 419 g/mol. The molecule has 0 spiro atoms. The molecule has 11 heteroatoms. The molecule has 27 heavy (non-hydrogen) atoms. The number of anilines is 1. The predicted molar refractivity (Wildman–Crippen MR) is 101 cm³/mol. The number of methoxy groups -OCH3 is 1. The normalized spacial score (nSPS) is 11.6. The van der Waals surface area contributed by atoms with Gasteiger partial charge in [0.1, 0.15) is 17.0 Å². The number of amides is 1. The van der Waals surface area contributed by atoms with Gasteiger partial charge in [-0.05, 0) is 39.0 Å². The molecule has 0 atom stereocenters. The van der Waals surface area contributed by atoms with E-state index in [0.29, 0.717) is 16.1 Å². The van der Waals surface area contributed by atoms with Gasteiger partial charge < -0.3 is 14.6 Å². The molecule has 0 fully saturated rings. The molecule has 0 aliphatic carbocycles. The van der Waals surface area contributed by atoms with Crippen molar-refractivity contribution in [3.8, 4) is 5.75 Å². The lowest BCUT2D eigenvalue weighted by atomic mass is 10.2. The fraction of sp³-hybridized carbons (Fsp3) is 0.438. The van der Waals surface area contributed by atoms with Gasteiger partial charge in [-0.3, -0.25) is 9.59 Å². The lowest BCUT2D eigenvalue weighted by molar-refractivity contribution is -0.133. The molecule has 9 nitrogen and oxygen atoms in total. The Morgan fingerprint density at radius 3 is 2.26 bits per heavy atom. The molecule has 1 rings (SSSR count). The number of nitrogens with zero attached hydrogens (tertiary/aromatic N) is 1. The zero-order chi connectivity index (χ0) is 21.0. The van der Waals surface area contributed by atoms with Crippen molar-refractivity contribution in [2.75, 3.05) is 23.4 Å². The molecule has 0 bridgehead atoms. The summed E-state index contributed by atoms with van der Waals surface area (Å²) in [5.41, 5.74) is -1.16. The van der Waals surface area contributed by atoms with Crippen LogP contribution in [0, 0.1) is 0 Å². The van der Waals surface area contributed by atoms with Crippen molar-refractivity contribution in [1.29, 1.82) is 0 Å². The monoisotopic (exact) mass is 419 g/mol. The summed E-state index contributed by atoms with van der Waals surface area (Å²) in [6.07, 6.45) is -0.351. The van der Waals surface area contributed by atoms with Crippen molar-refractivity contribution in [1.82, 2.24) is 0 Å². The molecule has 0 saturated heterocycles. The van der Waals surface area contributed by atoms with Crippen LogP contribution in [0.25, 0.3) is 0 Å². The zero-order valence-corrected chi connectivity index (χ0v) is 17.1. The molecule has 1 aromatic rings. The van der Waals surface area contributed by atoms with Gasteiger partial charge in [-0.15, -0.1) is 0 Å². The summed E-state index contributed by atoms with van der Waals surface area (Å²) in [6.45, 7) is 4.72. The van der Waals surface area contributed by atoms with E-state index in [1.54, 1.807) is 20.8 Å². The highest BCUT2D eigenvalue weighted by Gasteiger charge is 2.33. The first-order valence-corrected chi connectivity index (χ1v) is 10.4. The molecule has 0 aliphatic heterocycles. The van der Waals surface area contributed by atoms with Crippen LogP contribution in [0.3, 0.4) is 0 Å². The number of ether oxygens (including phenoxy) is 2. The van der Waals surface area contributed by atoms with Gasteiger partial charge in [-0.1, -0.05) is 11.8 Å². The van der Waals surface area contributed by atoms with E-state index in [9.17, 15) is 22.8 Å². The Morgan fingerprint density at radius 1 is 1.22 bits per heavy atom. The third-order valence-electron chi connectivity index (χ3n) is 2.85. The molecule has 0 aromatic heterocycles. The first-order chi connectivity index (χ1) is 12.3. The fourth-order valence-corrected chi connectivity index (χ4v) is 3.26. The van der Waals surface area contributed by atoms with E-state index >= 15 is 0 Å². The Morgan fingerprint density at radius 2 is 1.81 bits per heavy atom. The molecule has 1 N–H and O–H groups in total. The van der Waals surface area contributed by atoms with Crippen molar-refractivity contribution in [3.63, 3.8) is 0 Å². The lowest BCUT2D eigenvalue weighted by Crippen LogP contribution is -2.40. The summed E-state index contributed by atoms with van der Waals surface area (Å²) in [4.78, 5) is 35.2. The predicted octanol–water partition coefficient (Wildman–Crippen LogP) is 2.35. The van der Waals surface area contributed by atoms with Crippen LogP contribution in [0.2, 0.25) is 0 Å². The number of carbonyl (C=O) groups is 3. The Balaban J connectivity index is 3.43. The minimum absolute atomic E-state index is 0.00857. The van der Waals surface area contributed by atoms with E-state index in [4.69, 9.17) is 14.6 Å². The second kappa shape index (κ2) is 8.61. The fourth-order valence-electron chi connectivity index (χ4n) is 1.90. The highest BCUT2D eigenvalue weighted by molar-refractivity contribution is 8.14. The van der Waals surface area contributed by atoms with Crippen molar-refractivity contribution in [2.24, 2.45) is 0 Å². The number of sulfonamides is 1. The molecule has 0 heterocycles. The Labute approximate surface area is 161 Å². The van der Waals surface area contributed by atoms with Gasteiger partial charge in [-0.2, -0.15) is 4.31 Å². The molecular formula is C16H21NO8S2. The second-order valence-electron chi connectivity index (χ2n) is 6.36. The lowest BCUT2D eigenvalue weighted by Gasteiger charge is -2.27. The van der Waals surface area contributed by atoms with E-state index in [-0.39, 0.29) is 17.0 Å². The number of benzene rings is 1. The van der Waals surface area contributed by atoms with Gasteiger partial charge in [0.2, 0.25) is 15.1 Å². The maximum Gasteiger partial charge on any atom is 0.429 e. The Bertz CT molecular complexity index is 842. The van der Waals surface area contributed by atoms with E-state index < -0.39 is 38.6 Å². The van der Waals surface area contributed by atoms with Crippen LogP contribution < -0.4 is 9.04 Å². The topological polar surface area (TPSA) is 127 Å². The van der Waals surface area contributed by atoms with Crippen LogP contribution in [0.5, 0.6) is 5.75 Å². The van der Waals surface area contributed by atoms with Crippen molar-refractivity contribution >= 4 is 44.7 Å². The smallest absolute Gasteiger partial charge is 0.429 e. The van der Waals surface area contributed by atoms with Crippen molar-refractivity contribution < 1.29 is 37.4 Å². The van der Waals surface area contributed by atoms with Gasteiger partial charge in [0, 0.05) is 5.56 Å². The maximum atomic E-state index is 12.5. The van der Waals surface area contributed by atoms with Crippen LogP contribution in [0.1, 0.15) is 31.1 Å². The number of carboxylic acids is 1. The molecule has 0 unspecified atom stereocenters. The summed E-state index contributed by atoms with van der Waals surface area (Å²) in [5, 5.41) is 8.08. The number of hydrogen-bond donors (Lipinski definition) is 1. The largest absolute Gasteiger partial charge is 0.495 e. The average Bonchev–Trinajstić information content (AvgIpc) is 2.49. The van der Waals surface area contributed by atoms with Gasteiger partial charge in [0.15, 0.2) is 0 Å². The molecular weight excluding hydrogens is 398 g/mol. The van der Waals surface area contributed by atoms with E-state index in [1.807, 2.05) is 0 Å². The minimum Gasteiger partial charge on any atom is -0.495 e. The number of hydrogen-bond acceptors (Lipinski definition) is 8. The van der Waals surface area contributed by atoms with Crippen LogP contribution >= 0.6 is 11.8 Å². The zero-order valence-electron chi connectivity index (χ0n) is 15.5. The second-order valence-corrected chi connectivity index (χ2v) is 9.14. The molecule has 0 radical (unpaired) electrons. The molecule has 0 saturated carbocycles. The first kappa shape index (κ1) is 22.8. The van der Waals surface area contributed by atoms with E-state index in [1.165, 1.54) is 19.2 Å². The molecule has 1 aromatic carbocycles. The third-order valence-corrected chi connectivity index (χ3v) is 4.75. The summed E-state index contributed by atoms with van der Waals surface area (Å²) in [5.74, 6) is -1.61. The number of carboxylic acid groups (broad SMARTS) is 1. The number of aliphatic carboxylic acids is 1. The third kappa shape index (κ3) is 6.75. The summed E-state index contributed by atoms with van der Waals surface area (Å²) in [7, 11) is -2.85. The highest BCUT2D eigenvalue weighted by Crippen LogP contribution is 2.33. The summed E-state index contributed by atoms with van der Waals surface area (Å²) >= 11 is 0.534. The van der Waals surface area contributed by atoms with Crippen LogP contribution in [-0.2, 0) is 19.6 Å². The maximum absolute atomic E-state index is 12.5. The number of rotatable bonds is 6. The first-order valence-electron chi connectivity index (χ1n) is 7.56. The van der Waals surface area contributed by atoms with Gasteiger partial charge in [0.05, 0.1) is 19.1 Å². The summed E-state index contributed by atoms with van der Waals surface area (Å²) in [6, 6.07) is 3.79. The van der Waals surface area contributed by atoms with Crippen molar-refractivity contribution in [2.45, 2.75) is 26.4 Å². The SMILES string of the molecule is COc1ccc(C(=O)SCC(=O)O)cc1N(C(=O)OC(C)(C)C)S(C)(=O)=O. The van der Waals surface area contributed by atoms with Crippen LogP contribution in [0.15, 0.2) is 18.2 Å². The Hall–Kier alpha value is -2.27. The minimum atomic E-state index is -4.12. The standard InChI is InChI=1S/C16H21NO8S2/c1-16(2,3)25-15(21)17(27(5,22)23)11-8-10(6-7-12(11)24-4)14(20)26-9-13(18)19/h6-8H,9H2,1-5H3,(H,18,19). The molecule has 0 aliphatic rings. The summed E-state index contributed by atoms with van der Waals surface area (Å²) < 4.78 is 35.1. The van der Waals surface area contributed by atoms with Gasteiger partial charge >= 0.3 is 12.1 Å². The van der Waals surface area contributed by atoms with Crippen LogP contribution in [0.4, 0.5) is 10.5 Å². The number of thioether (sulfide) groups is 1. The molecule has 150 valence electrons. The van der Waals surface area contributed by atoms with Crippen LogP contribution in [-0.4, -0.2) is 55.4 Å². The van der Waals surface area contributed by atoms with E-state index in [2.05, 4.69) is 0 Å².